The van der Waals surface area contributed by atoms with Gasteiger partial charge < -0.3 is 15.4 Å². The molecule has 0 heterocycles. The highest BCUT2D eigenvalue weighted by atomic mass is 79.9. The Balaban J connectivity index is 1.38. The van der Waals surface area contributed by atoms with E-state index in [1.54, 1.807) is 12.1 Å². The number of carbonyl (C=O) groups is 2. The Labute approximate surface area is 168 Å². The van der Waals surface area contributed by atoms with Crippen LogP contribution < -0.4 is 15.4 Å². The number of halogens is 1. The van der Waals surface area contributed by atoms with E-state index in [-0.39, 0.29) is 28.2 Å². The van der Waals surface area contributed by atoms with Gasteiger partial charge >= 0.3 is 0 Å². The first-order valence-corrected chi connectivity index (χ1v) is 10.7. The van der Waals surface area contributed by atoms with Crippen LogP contribution in [-0.4, -0.2) is 29.3 Å². The molecule has 0 saturated heterocycles. The normalized spacial score (nSPS) is 33.6. The van der Waals surface area contributed by atoms with Crippen LogP contribution in [0.3, 0.4) is 0 Å². The van der Waals surface area contributed by atoms with Crippen molar-refractivity contribution in [2.45, 2.75) is 49.8 Å². The summed E-state index contributed by atoms with van der Waals surface area (Å²) in [4.78, 5) is 24.6. The number of benzene rings is 1. The zero-order chi connectivity index (χ0) is 19.1. The summed E-state index contributed by atoms with van der Waals surface area (Å²) >= 11 is 3.97. The van der Waals surface area contributed by atoms with Gasteiger partial charge in [0.05, 0.1) is 5.41 Å². The third-order valence-corrected chi connectivity index (χ3v) is 7.26. The maximum Gasteiger partial charge on any atom is 0.257 e. The van der Waals surface area contributed by atoms with E-state index < -0.39 is 0 Å². The lowest BCUT2D eigenvalue weighted by Gasteiger charge is -2.59. The molecule has 27 heavy (non-hydrogen) atoms. The number of hydrogen-bond acceptors (Lipinski definition) is 3. The minimum Gasteiger partial charge on any atom is -0.484 e. The van der Waals surface area contributed by atoms with Crippen molar-refractivity contribution < 1.29 is 14.3 Å². The fraction of sp³-hybridized carbons (Fsp3) is 0.619. The van der Waals surface area contributed by atoms with E-state index in [4.69, 9.17) is 4.74 Å². The third kappa shape index (κ3) is 3.86. The summed E-state index contributed by atoms with van der Waals surface area (Å²) in [6.07, 6.45) is 6.73. The van der Waals surface area contributed by atoms with Crippen molar-refractivity contribution in [3.8, 4) is 5.75 Å². The van der Waals surface area contributed by atoms with Crippen LogP contribution in [0.4, 0.5) is 5.69 Å². The lowest BCUT2D eigenvalue weighted by atomic mass is 9.49. The molecular weight excluding hydrogens is 408 g/mol. The zero-order valence-electron chi connectivity index (χ0n) is 15.7. The van der Waals surface area contributed by atoms with Crippen LogP contribution in [0.2, 0.25) is 0 Å². The Morgan fingerprint density at radius 1 is 1.15 bits per heavy atom. The van der Waals surface area contributed by atoms with Gasteiger partial charge in [0.25, 0.3) is 5.91 Å². The van der Waals surface area contributed by atoms with E-state index in [1.165, 1.54) is 19.3 Å². The Morgan fingerprint density at radius 3 is 2.41 bits per heavy atom. The van der Waals surface area contributed by atoms with Crippen molar-refractivity contribution in [3.63, 3.8) is 0 Å². The van der Waals surface area contributed by atoms with E-state index in [2.05, 4.69) is 26.6 Å². The Hall–Kier alpha value is -1.56. The lowest BCUT2D eigenvalue weighted by molar-refractivity contribution is -0.138. The highest BCUT2D eigenvalue weighted by Crippen LogP contribution is 2.64. The number of rotatable bonds is 6. The fourth-order valence-electron chi connectivity index (χ4n) is 5.71. The van der Waals surface area contributed by atoms with Crippen molar-refractivity contribution in [2.75, 3.05) is 18.5 Å². The number of likely N-dealkylation sites (N-methyl/N-ethyl adjacent to an activating group) is 1. The SMILES string of the molecule is CCNC(=O)COc1ccc(NC(=O)C23CC4CC(CC(Br)(C4)C2)C3)cc1. The number of hydrogen-bond donors (Lipinski definition) is 2. The van der Waals surface area contributed by atoms with Gasteiger partial charge in [-0.15, -0.1) is 0 Å². The van der Waals surface area contributed by atoms with Crippen LogP contribution in [0.1, 0.15) is 45.4 Å². The topological polar surface area (TPSA) is 67.4 Å². The second-order valence-corrected chi connectivity index (χ2v) is 10.3. The van der Waals surface area contributed by atoms with Crippen molar-refractivity contribution in [1.29, 1.82) is 0 Å². The molecule has 0 aliphatic heterocycles. The van der Waals surface area contributed by atoms with Crippen LogP contribution in [-0.2, 0) is 9.59 Å². The van der Waals surface area contributed by atoms with Crippen LogP contribution >= 0.6 is 15.9 Å². The standard InChI is InChI=1S/C21H27BrN2O3/c1-2-23-18(25)12-27-17-5-3-16(4-6-17)24-19(26)20-8-14-7-15(9-20)11-21(22,10-14)13-20/h3-6,14-15H,2,7-13H2,1H3,(H,23,25)(H,24,26). The minimum atomic E-state index is -0.221. The van der Waals surface area contributed by atoms with Crippen LogP contribution in [0.5, 0.6) is 5.75 Å². The second-order valence-electron chi connectivity index (χ2n) is 8.61. The maximum atomic E-state index is 13.2. The quantitative estimate of drug-likeness (QED) is 0.667. The summed E-state index contributed by atoms with van der Waals surface area (Å²) in [7, 11) is 0. The Kier molecular flexibility index (Phi) is 4.95. The number of amides is 2. The monoisotopic (exact) mass is 434 g/mol. The molecule has 4 aliphatic carbocycles. The number of nitrogens with one attached hydrogen (secondary N) is 2. The van der Waals surface area contributed by atoms with E-state index in [0.29, 0.717) is 24.1 Å². The van der Waals surface area contributed by atoms with Crippen LogP contribution in [0.25, 0.3) is 0 Å². The van der Waals surface area contributed by atoms with Gasteiger partial charge in [-0.3, -0.25) is 9.59 Å². The molecule has 146 valence electrons. The van der Waals surface area contributed by atoms with Gasteiger partial charge in [0.1, 0.15) is 5.75 Å². The highest BCUT2D eigenvalue weighted by molar-refractivity contribution is 9.10. The van der Waals surface area contributed by atoms with E-state index >= 15 is 0 Å². The van der Waals surface area contributed by atoms with Crippen molar-refractivity contribution in [1.82, 2.24) is 5.32 Å². The molecule has 0 spiro atoms. The summed E-state index contributed by atoms with van der Waals surface area (Å²) in [5.74, 6) is 2.01. The first kappa shape index (κ1) is 18.8. The average Bonchev–Trinajstić information content (AvgIpc) is 2.59. The first-order chi connectivity index (χ1) is 12.9. The molecule has 4 aliphatic rings. The number of anilines is 1. The van der Waals surface area contributed by atoms with Gasteiger partial charge in [-0.1, -0.05) is 15.9 Å². The van der Waals surface area contributed by atoms with Gasteiger partial charge in [-0.05, 0) is 81.5 Å². The van der Waals surface area contributed by atoms with E-state index in [1.807, 2.05) is 19.1 Å². The molecule has 2 N–H and O–H groups in total. The maximum absolute atomic E-state index is 13.2. The highest BCUT2D eigenvalue weighted by Gasteiger charge is 2.59. The van der Waals surface area contributed by atoms with Gasteiger partial charge in [0.2, 0.25) is 5.91 Å². The van der Waals surface area contributed by atoms with Crippen LogP contribution in [0.15, 0.2) is 24.3 Å². The molecule has 2 atom stereocenters. The number of ether oxygens (including phenoxy) is 1. The molecule has 2 unspecified atom stereocenters. The summed E-state index contributed by atoms with van der Waals surface area (Å²) in [6, 6.07) is 7.27. The Bertz CT molecular complexity index is 719. The Morgan fingerprint density at radius 2 is 1.81 bits per heavy atom. The summed E-state index contributed by atoms with van der Waals surface area (Å²) in [5, 5.41) is 5.83. The molecule has 0 radical (unpaired) electrons. The minimum absolute atomic E-state index is 0.00122. The van der Waals surface area contributed by atoms with Crippen molar-refractivity contribution >= 4 is 33.4 Å². The molecule has 4 fully saturated rings. The predicted molar refractivity (Wildman–Crippen MR) is 108 cm³/mol. The van der Waals surface area contributed by atoms with Crippen molar-refractivity contribution in [3.05, 3.63) is 24.3 Å². The van der Waals surface area contributed by atoms with Gasteiger partial charge in [-0.2, -0.15) is 0 Å². The molecule has 0 aromatic heterocycles. The molecule has 6 heteroatoms. The zero-order valence-corrected chi connectivity index (χ0v) is 17.3. The van der Waals surface area contributed by atoms with Gasteiger partial charge in [0, 0.05) is 16.6 Å². The molecule has 1 aromatic carbocycles. The smallest absolute Gasteiger partial charge is 0.257 e. The summed E-state index contributed by atoms with van der Waals surface area (Å²) < 4.78 is 5.63. The second kappa shape index (κ2) is 7.12. The van der Waals surface area contributed by atoms with Crippen molar-refractivity contribution in [2.24, 2.45) is 17.3 Å². The average molecular weight is 435 g/mol. The summed E-state index contributed by atoms with van der Waals surface area (Å²) in [5.41, 5.74) is 0.561. The first-order valence-electron chi connectivity index (χ1n) is 9.90. The molecule has 2 amide bonds. The molecule has 5 rings (SSSR count). The van der Waals surface area contributed by atoms with Gasteiger partial charge in [-0.25, -0.2) is 0 Å². The predicted octanol–water partition coefficient (Wildman–Crippen LogP) is 3.87. The van der Waals surface area contributed by atoms with Gasteiger partial charge in [0.15, 0.2) is 6.61 Å². The van der Waals surface area contributed by atoms with Crippen LogP contribution in [0, 0.1) is 17.3 Å². The molecule has 4 bridgehead atoms. The molecule has 1 aromatic rings. The lowest BCUT2D eigenvalue weighted by Crippen LogP contribution is -2.57. The third-order valence-electron chi connectivity index (χ3n) is 6.33. The molecule has 4 saturated carbocycles. The molecular formula is C21H27BrN2O3. The largest absolute Gasteiger partial charge is 0.484 e. The van der Waals surface area contributed by atoms with E-state index in [0.717, 1.165) is 24.9 Å². The fourth-order valence-corrected chi connectivity index (χ4v) is 7.16. The van der Waals surface area contributed by atoms with E-state index in [9.17, 15) is 9.59 Å². The number of alkyl halides is 1. The molecule has 5 nitrogen and oxygen atoms in total. The summed E-state index contributed by atoms with van der Waals surface area (Å²) in [6.45, 7) is 2.46. The number of carbonyl (C=O) groups excluding carboxylic acids is 2.